The topological polar surface area (TPSA) is 170 Å². The van der Waals surface area contributed by atoms with Crippen LogP contribution in [0.25, 0.3) is 23.5 Å². The Kier molecular flexibility index (Phi) is 10.9. The van der Waals surface area contributed by atoms with Gasteiger partial charge in [-0.3, -0.25) is 9.59 Å². The van der Waals surface area contributed by atoms with Gasteiger partial charge in [0.2, 0.25) is 0 Å². The van der Waals surface area contributed by atoms with Crippen LogP contribution in [0.4, 0.5) is 0 Å². The average Bonchev–Trinajstić information content (AvgIpc) is 3.09. The summed E-state index contributed by atoms with van der Waals surface area (Å²) < 4.78 is 0. The third-order valence-corrected chi connectivity index (χ3v) is 8.02. The molecule has 47 heavy (non-hydrogen) atoms. The van der Waals surface area contributed by atoms with Crippen LogP contribution in [0.1, 0.15) is 73.6 Å². The minimum atomic E-state index is -0.522. The van der Waals surface area contributed by atoms with Crippen LogP contribution < -0.4 is 10.6 Å². The summed E-state index contributed by atoms with van der Waals surface area (Å²) in [6.45, 7) is 2.01. The lowest BCUT2D eigenvalue weighted by Crippen LogP contribution is -2.36. The number of hydrogen-bond acceptors (Lipinski definition) is 9. The Morgan fingerprint density at radius 3 is 2.09 bits per heavy atom. The van der Waals surface area contributed by atoms with E-state index in [-0.39, 0.29) is 29.1 Å². The van der Waals surface area contributed by atoms with Crippen LogP contribution >= 0.6 is 0 Å². The molecule has 4 aromatic rings. The predicted octanol–water partition coefficient (Wildman–Crippen LogP) is 5.46. The number of aromatic nitrogens is 5. The van der Waals surface area contributed by atoms with Crippen LogP contribution in [0, 0.1) is 28.6 Å². The van der Waals surface area contributed by atoms with Gasteiger partial charge in [-0.2, -0.15) is 10.5 Å². The Morgan fingerprint density at radius 1 is 0.851 bits per heavy atom. The van der Waals surface area contributed by atoms with Crippen LogP contribution in [0.15, 0.2) is 90.8 Å². The van der Waals surface area contributed by atoms with Crippen LogP contribution in [0.3, 0.4) is 0 Å². The Balaban J connectivity index is 1.26. The minimum Gasteiger partial charge on any atom is -0.345 e. The molecular formula is C36H33N9O2. The van der Waals surface area contributed by atoms with Crippen molar-refractivity contribution in [2.24, 2.45) is 5.92 Å². The van der Waals surface area contributed by atoms with Crippen molar-refractivity contribution in [2.45, 2.75) is 51.1 Å². The third-order valence-electron chi connectivity index (χ3n) is 8.02. The second kappa shape index (κ2) is 15.8. The molecular weight excluding hydrogens is 590 g/mol. The number of carbonyl (C=O) groups excluding carboxylic acids is 2. The van der Waals surface area contributed by atoms with Gasteiger partial charge in [-0.1, -0.05) is 74.4 Å². The first-order valence-electron chi connectivity index (χ1n) is 15.4. The summed E-state index contributed by atoms with van der Waals surface area (Å²) in [6, 6.07) is 20.8. The molecule has 2 unspecified atom stereocenters. The number of benzene rings is 2. The number of nitrogens with one attached hydrogen (secondary N) is 2. The first-order chi connectivity index (χ1) is 23.0. The van der Waals surface area contributed by atoms with Crippen molar-refractivity contribution in [2.75, 3.05) is 0 Å². The lowest BCUT2D eigenvalue weighted by atomic mass is 9.77. The Morgan fingerprint density at radius 2 is 1.49 bits per heavy atom. The van der Waals surface area contributed by atoms with Crippen LogP contribution in [0.5, 0.6) is 0 Å². The van der Waals surface area contributed by atoms with E-state index in [0.717, 1.165) is 42.4 Å². The van der Waals surface area contributed by atoms with Crippen molar-refractivity contribution >= 4 is 24.0 Å². The van der Waals surface area contributed by atoms with Gasteiger partial charge in [0.25, 0.3) is 11.8 Å². The third kappa shape index (κ3) is 8.35. The fourth-order valence-electron chi connectivity index (χ4n) is 5.31. The highest BCUT2D eigenvalue weighted by Crippen LogP contribution is 2.37. The lowest BCUT2D eigenvalue weighted by molar-refractivity contribution is -0.119. The molecule has 2 atom stereocenters. The molecule has 11 nitrogen and oxygen atoms in total. The number of hydrogen-bond donors (Lipinski definition) is 2. The van der Waals surface area contributed by atoms with Crippen molar-refractivity contribution < 1.29 is 9.59 Å². The second-order valence-electron chi connectivity index (χ2n) is 11.2. The molecule has 1 saturated carbocycles. The van der Waals surface area contributed by atoms with Gasteiger partial charge < -0.3 is 10.6 Å². The first-order valence-corrected chi connectivity index (χ1v) is 15.4. The van der Waals surface area contributed by atoms with E-state index in [1.807, 2.05) is 73.7 Å². The molecule has 234 valence electrons. The summed E-state index contributed by atoms with van der Waals surface area (Å²) in [5, 5.41) is 25.3. The molecule has 5 rings (SSSR count). The molecule has 0 spiro atoms. The summed E-state index contributed by atoms with van der Waals surface area (Å²) >= 11 is 0. The molecule has 1 fully saturated rings. The predicted molar refractivity (Wildman–Crippen MR) is 175 cm³/mol. The van der Waals surface area contributed by atoms with Crippen molar-refractivity contribution in [1.29, 1.82) is 10.5 Å². The molecule has 0 bridgehead atoms. The van der Waals surface area contributed by atoms with E-state index in [0.29, 0.717) is 23.7 Å². The fraction of sp³-hybridized carbons (Fsp3) is 0.250. The van der Waals surface area contributed by atoms with Gasteiger partial charge in [0.05, 0.1) is 12.1 Å². The molecule has 0 aliphatic heterocycles. The molecule has 2 aromatic carbocycles. The van der Waals surface area contributed by atoms with Crippen molar-refractivity contribution in [3.63, 3.8) is 0 Å². The van der Waals surface area contributed by atoms with Gasteiger partial charge in [0.1, 0.15) is 35.9 Å². The zero-order valence-electron chi connectivity index (χ0n) is 25.9. The van der Waals surface area contributed by atoms with E-state index in [2.05, 4.69) is 35.6 Å². The molecule has 2 heterocycles. The quantitative estimate of drug-likeness (QED) is 0.154. The highest BCUT2D eigenvalue weighted by Gasteiger charge is 2.30. The van der Waals surface area contributed by atoms with Gasteiger partial charge >= 0.3 is 0 Å². The maximum atomic E-state index is 13.1. The second-order valence-corrected chi connectivity index (χ2v) is 11.2. The van der Waals surface area contributed by atoms with E-state index in [1.54, 1.807) is 12.4 Å². The van der Waals surface area contributed by atoms with Gasteiger partial charge in [0, 0.05) is 29.6 Å². The van der Waals surface area contributed by atoms with Gasteiger partial charge in [-0.25, -0.2) is 24.9 Å². The Labute approximate surface area is 273 Å². The average molecular weight is 624 g/mol. The normalized spacial score (nSPS) is 14.5. The van der Waals surface area contributed by atoms with E-state index in [9.17, 15) is 20.1 Å². The Bertz CT molecular complexity index is 1820. The van der Waals surface area contributed by atoms with Gasteiger partial charge in [-0.05, 0) is 42.4 Å². The molecule has 2 amide bonds. The van der Waals surface area contributed by atoms with Crippen molar-refractivity contribution in [3.05, 3.63) is 113 Å². The van der Waals surface area contributed by atoms with Gasteiger partial charge in [-0.15, -0.1) is 0 Å². The van der Waals surface area contributed by atoms with Crippen LogP contribution in [0.2, 0.25) is 0 Å². The first kappa shape index (κ1) is 32.3. The number of nitriles is 2. The van der Waals surface area contributed by atoms with Crippen LogP contribution in [-0.4, -0.2) is 36.7 Å². The maximum absolute atomic E-state index is 13.1. The van der Waals surface area contributed by atoms with E-state index in [4.69, 9.17) is 0 Å². The number of amides is 2. The minimum absolute atomic E-state index is 0.0160. The standard InChI is InChI=1S/C36H33N9O2/c1-2-7-31(44-35(46)30(19-38)17-32-42-22-39-23-43-32)25-12-14-28(15-13-25)34-40-20-24(21-41-34)16-29(18-37)36(47)45-33(27-10-6-11-27)26-8-4-3-5-9-26/h3-5,8-9,12-17,20-23,27,31,33H,2,6-7,10-11H2,1H3,(H,44,46)(H,45,47). The highest BCUT2D eigenvalue weighted by molar-refractivity contribution is 6.02. The number of rotatable bonds is 12. The summed E-state index contributed by atoms with van der Waals surface area (Å²) in [4.78, 5) is 46.6. The summed E-state index contributed by atoms with van der Waals surface area (Å²) in [5.41, 5.74) is 3.05. The largest absolute Gasteiger partial charge is 0.345 e. The lowest BCUT2D eigenvalue weighted by Gasteiger charge is -2.34. The van der Waals surface area contributed by atoms with E-state index < -0.39 is 11.8 Å². The molecule has 0 radical (unpaired) electrons. The van der Waals surface area contributed by atoms with E-state index in [1.165, 1.54) is 24.8 Å². The van der Waals surface area contributed by atoms with Crippen molar-refractivity contribution in [3.8, 4) is 23.5 Å². The summed E-state index contributed by atoms with van der Waals surface area (Å²) in [7, 11) is 0. The highest BCUT2D eigenvalue weighted by atomic mass is 16.2. The SMILES string of the molecule is CCCC(NC(=O)C(C#N)=Cc1ncncn1)c1ccc(-c2ncc(C=C(C#N)C(=O)NC(c3ccccc3)C3CCC3)cn2)cc1. The molecule has 2 N–H and O–H groups in total. The maximum Gasteiger partial charge on any atom is 0.262 e. The zero-order chi connectivity index (χ0) is 33.0. The fourth-order valence-corrected chi connectivity index (χ4v) is 5.31. The molecule has 0 saturated heterocycles. The summed E-state index contributed by atoms with van der Waals surface area (Å²) in [6.07, 6.45) is 13.2. The molecule has 2 aromatic heterocycles. The number of nitrogens with zero attached hydrogens (tertiary/aromatic N) is 7. The van der Waals surface area contributed by atoms with Gasteiger partial charge in [0.15, 0.2) is 11.6 Å². The molecule has 1 aliphatic carbocycles. The Hall–Kier alpha value is -6.07. The molecule has 1 aliphatic rings. The monoisotopic (exact) mass is 623 g/mol. The number of carbonyl (C=O) groups is 2. The van der Waals surface area contributed by atoms with Crippen molar-refractivity contribution in [1.82, 2.24) is 35.6 Å². The van der Waals surface area contributed by atoms with E-state index >= 15 is 0 Å². The molecule has 11 heteroatoms. The van der Waals surface area contributed by atoms with Crippen LogP contribution in [-0.2, 0) is 9.59 Å². The summed E-state index contributed by atoms with van der Waals surface area (Å²) in [5.74, 6) is 0.0887. The smallest absolute Gasteiger partial charge is 0.262 e. The zero-order valence-corrected chi connectivity index (χ0v) is 25.9.